The fourth-order valence-corrected chi connectivity index (χ4v) is 230. The van der Waals surface area contributed by atoms with E-state index >= 15 is 0 Å². The molecule has 0 unspecified atom stereocenters. The van der Waals surface area contributed by atoms with Crippen LogP contribution in [0.5, 0.6) is 0 Å². The third-order valence-electron chi connectivity index (χ3n) is 4.75. The van der Waals surface area contributed by atoms with E-state index in [9.17, 15) is 4.79 Å². The van der Waals surface area contributed by atoms with Crippen molar-refractivity contribution in [3.8, 4) is 0 Å². The van der Waals surface area contributed by atoms with Gasteiger partial charge in [0, 0.05) is 0 Å². The molecule has 0 spiro atoms. The first-order valence-corrected chi connectivity index (χ1v) is 32.6. The molecule has 0 aliphatic rings. The van der Waals surface area contributed by atoms with E-state index in [1.165, 1.54) is 0 Å². The zero-order valence-electron chi connectivity index (χ0n) is 15.3. The number of carbonyl (C=O) groups is 1. The Kier molecular flexibility index (Phi) is 5.62. The Hall–Kier alpha value is 0.339. The van der Waals surface area contributed by atoms with Crippen molar-refractivity contribution in [3.63, 3.8) is 0 Å². The van der Waals surface area contributed by atoms with Crippen LogP contribution < -0.4 is 0 Å². The number of benzene rings is 1. The van der Waals surface area contributed by atoms with Crippen molar-refractivity contribution in [1.29, 1.82) is 0 Å². The van der Waals surface area contributed by atoms with Gasteiger partial charge in [0.25, 0.3) is 0 Å². The molecule has 0 saturated carbocycles. The zero-order chi connectivity index (χ0) is 16.7. The summed E-state index contributed by atoms with van der Waals surface area (Å²) in [6.45, 7) is 22.5. The van der Waals surface area contributed by atoms with E-state index in [4.69, 9.17) is 0 Å². The Morgan fingerprint density at radius 2 is 1.05 bits per heavy atom. The molecular formula is C16H32OSi3Sn. The second-order valence-corrected chi connectivity index (χ2v) is 92.0. The van der Waals surface area contributed by atoms with Gasteiger partial charge in [-0.15, -0.1) is 0 Å². The standard InChI is InChI=1S/C7H5O.3C3H9Si.Sn/c8-6-7-4-2-1-3-5-7;3*1-4(2)3;/h1-5H;3*1-3H3;. The van der Waals surface area contributed by atoms with E-state index < -0.39 is 32.7 Å². The predicted molar refractivity (Wildman–Crippen MR) is 107 cm³/mol. The zero-order valence-corrected chi connectivity index (χ0v) is 21.1. The van der Waals surface area contributed by atoms with E-state index in [2.05, 4.69) is 71.1 Å². The van der Waals surface area contributed by atoms with Crippen LogP contribution in [0.15, 0.2) is 30.3 Å². The monoisotopic (exact) mass is 444 g/mol. The van der Waals surface area contributed by atoms with Crippen LogP contribution in [0, 0.1) is 0 Å². The van der Waals surface area contributed by atoms with E-state index in [1.54, 1.807) is 0 Å². The van der Waals surface area contributed by atoms with E-state index in [0.717, 1.165) is 5.56 Å². The van der Waals surface area contributed by atoms with Crippen LogP contribution in [-0.4, -0.2) is 36.5 Å². The van der Waals surface area contributed by atoms with Gasteiger partial charge in [0.1, 0.15) is 0 Å². The van der Waals surface area contributed by atoms with Crippen LogP contribution >= 0.6 is 0 Å². The van der Waals surface area contributed by atoms with Crippen molar-refractivity contribution < 1.29 is 4.79 Å². The first-order valence-electron chi connectivity index (χ1n) is 7.86. The van der Waals surface area contributed by atoms with Crippen molar-refractivity contribution in [3.05, 3.63) is 35.9 Å². The predicted octanol–water partition coefficient (Wildman–Crippen LogP) is 5.11. The molecule has 1 aromatic carbocycles. The fourth-order valence-electron chi connectivity index (χ4n) is 5.20. The Morgan fingerprint density at radius 1 is 0.714 bits per heavy atom. The van der Waals surface area contributed by atoms with Gasteiger partial charge in [-0.05, 0) is 0 Å². The first kappa shape index (κ1) is 19.4. The average molecular weight is 443 g/mol. The Balaban J connectivity index is 3.72. The fraction of sp³-hybridized carbons (Fsp3) is 0.562. The van der Waals surface area contributed by atoms with Gasteiger partial charge in [-0.25, -0.2) is 0 Å². The summed E-state index contributed by atoms with van der Waals surface area (Å²) in [5.41, 5.74) is -3.39. The Bertz CT molecular complexity index is 471. The molecule has 21 heavy (non-hydrogen) atoms. The third kappa shape index (κ3) is 3.33. The second kappa shape index (κ2) is 6.09. The molecule has 0 bridgehead atoms. The minimum atomic E-state index is -2.95. The molecule has 118 valence electrons. The molecule has 0 saturated heterocycles. The van der Waals surface area contributed by atoms with Crippen molar-refractivity contribution in [2.75, 3.05) is 0 Å². The van der Waals surface area contributed by atoms with Gasteiger partial charge in [0.2, 0.25) is 0 Å². The molecule has 0 N–H and O–H groups in total. The van der Waals surface area contributed by atoms with Crippen molar-refractivity contribution in [2.24, 2.45) is 0 Å². The molecule has 0 aliphatic heterocycles. The second-order valence-electron chi connectivity index (χ2n) is 9.20. The normalized spacial score (nSPS) is 14.1. The van der Waals surface area contributed by atoms with Gasteiger partial charge in [0.05, 0.1) is 0 Å². The van der Waals surface area contributed by atoms with Gasteiger partial charge >= 0.3 is 136 Å². The summed E-state index contributed by atoms with van der Waals surface area (Å²) in [5, 5.41) is 0. The summed E-state index contributed by atoms with van der Waals surface area (Å²) in [6, 6.07) is 10.2. The van der Waals surface area contributed by atoms with Crippen molar-refractivity contribution >= 4 is 36.5 Å². The molecular weight excluding hydrogens is 411 g/mol. The summed E-state index contributed by atoms with van der Waals surface area (Å²) < 4.78 is 0.655. The summed E-state index contributed by atoms with van der Waals surface area (Å²) in [7, 11) is 0. The summed E-state index contributed by atoms with van der Waals surface area (Å²) >= 11 is -2.95. The summed E-state index contributed by atoms with van der Waals surface area (Å²) in [6.07, 6.45) is 0. The molecule has 0 radical (unpaired) electrons. The van der Waals surface area contributed by atoms with E-state index in [1.807, 2.05) is 18.2 Å². The summed E-state index contributed by atoms with van der Waals surface area (Å²) in [4.78, 5) is 13.8. The molecule has 5 heteroatoms. The topological polar surface area (TPSA) is 17.1 Å². The van der Waals surface area contributed by atoms with Gasteiger partial charge < -0.3 is 0 Å². The summed E-state index contributed by atoms with van der Waals surface area (Å²) in [5.74, 6) is 0. The van der Waals surface area contributed by atoms with Gasteiger partial charge in [-0.1, -0.05) is 0 Å². The van der Waals surface area contributed by atoms with Crippen LogP contribution in [-0.2, 0) is 0 Å². The molecule has 0 heterocycles. The maximum atomic E-state index is 13.8. The molecule has 0 atom stereocenters. The number of hydrogen-bond donors (Lipinski definition) is 0. The maximum absolute atomic E-state index is 13.8. The van der Waals surface area contributed by atoms with Gasteiger partial charge in [-0.2, -0.15) is 0 Å². The van der Waals surface area contributed by atoms with Crippen LogP contribution in [0.1, 0.15) is 10.4 Å². The quantitative estimate of drug-likeness (QED) is 0.579. The van der Waals surface area contributed by atoms with Crippen molar-refractivity contribution in [2.45, 2.75) is 58.9 Å². The molecule has 1 nitrogen and oxygen atoms in total. The first-order chi connectivity index (χ1) is 9.27. The van der Waals surface area contributed by atoms with E-state index in [0.29, 0.717) is 3.80 Å². The number of carbonyl (C=O) groups excluding carboxylic acids is 1. The molecule has 0 fully saturated rings. The number of hydrogen-bond acceptors (Lipinski definition) is 1. The number of rotatable bonds is 5. The van der Waals surface area contributed by atoms with Gasteiger partial charge in [0.15, 0.2) is 0 Å². The Morgan fingerprint density at radius 3 is 1.33 bits per heavy atom. The molecule has 1 aromatic rings. The molecule has 1 rings (SSSR count). The minimum absolute atomic E-state index is 0.655. The average Bonchev–Trinajstić information content (AvgIpc) is 2.24. The van der Waals surface area contributed by atoms with Crippen LogP contribution in [0.25, 0.3) is 0 Å². The van der Waals surface area contributed by atoms with Crippen LogP contribution in [0.4, 0.5) is 0 Å². The molecule has 0 aliphatic carbocycles. The molecule has 0 amide bonds. The van der Waals surface area contributed by atoms with E-state index in [-0.39, 0.29) is 0 Å². The van der Waals surface area contributed by atoms with Crippen LogP contribution in [0.2, 0.25) is 58.9 Å². The SMILES string of the molecule is C[Si](C)(C)[Sn]([C](=O)c1ccccc1)([Si](C)(C)C)[Si](C)(C)C. The van der Waals surface area contributed by atoms with Crippen LogP contribution in [0.3, 0.4) is 0 Å². The third-order valence-corrected chi connectivity index (χ3v) is 167. The molecule has 0 aromatic heterocycles. The van der Waals surface area contributed by atoms with Gasteiger partial charge in [-0.3, -0.25) is 0 Å². The Labute approximate surface area is 135 Å². The van der Waals surface area contributed by atoms with Crippen molar-refractivity contribution in [1.82, 2.24) is 0 Å².